The number of fused-ring (bicyclic) bond motifs is 1. The number of rotatable bonds is 9. The van der Waals surface area contributed by atoms with E-state index in [2.05, 4.69) is 22.3 Å². The quantitative estimate of drug-likeness (QED) is 0.340. The molecule has 0 spiro atoms. The van der Waals surface area contributed by atoms with Gasteiger partial charge in [0.05, 0.1) is 11.0 Å². The molecule has 1 aliphatic carbocycles. The molecule has 6 nitrogen and oxygen atoms in total. The van der Waals surface area contributed by atoms with Gasteiger partial charge in [0.2, 0.25) is 5.91 Å². The van der Waals surface area contributed by atoms with E-state index in [9.17, 15) is 9.59 Å². The summed E-state index contributed by atoms with van der Waals surface area (Å²) in [6.45, 7) is 1.31. The lowest BCUT2D eigenvalue weighted by Crippen LogP contribution is -2.42. The Labute approximate surface area is 218 Å². The van der Waals surface area contributed by atoms with Crippen molar-refractivity contribution < 1.29 is 9.59 Å². The van der Waals surface area contributed by atoms with Crippen molar-refractivity contribution in [3.05, 3.63) is 102 Å². The Balaban J connectivity index is 1.35. The molecular formula is C31H34N4O2. The molecule has 0 unspecified atom stereocenters. The topological polar surface area (TPSA) is 67.2 Å². The fourth-order valence-corrected chi connectivity index (χ4v) is 5.29. The molecule has 5 rings (SSSR count). The van der Waals surface area contributed by atoms with Crippen LogP contribution in [0.3, 0.4) is 0 Å². The zero-order valence-corrected chi connectivity index (χ0v) is 21.2. The van der Waals surface area contributed by atoms with Crippen LogP contribution in [0.1, 0.15) is 53.8 Å². The molecule has 0 radical (unpaired) electrons. The lowest BCUT2D eigenvalue weighted by atomic mass is 9.93. The molecule has 0 atom stereocenters. The molecule has 0 aliphatic heterocycles. The maximum atomic E-state index is 13.9. The van der Waals surface area contributed by atoms with Crippen LogP contribution in [0.15, 0.2) is 84.9 Å². The van der Waals surface area contributed by atoms with Crippen molar-refractivity contribution >= 4 is 22.8 Å². The van der Waals surface area contributed by atoms with Crippen LogP contribution >= 0.6 is 0 Å². The molecule has 4 aromatic rings. The largest absolute Gasteiger partial charge is 0.352 e. The monoisotopic (exact) mass is 494 g/mol. The first-order valence-electron chi connectivity index (χ1n) is 13.3. The number of carbonyl (C=O) groups is 2. The summed E-state index contributed by atoms with van der Waals surface area (Å²) in [7, 11) is 0. The second-order valence-corrected chi connectivity index (χ2v) is 9.77. The summed E-state index contributed by atoms with van der Waals surface area (Å²) < 4.78 is 2.03. The summed E-state index contributed by atoms with van der Waals surface area (Å²) in [6, 6.07) is 27.7. The van der Waals surface area contributed by atoms with Crippen molar-refractivity contribution in [1.29, 1.82) is 0 Å². The van der Waals surface area contributed by atoms with E-state index in [0.29, 0.717) is 25.1 Å². The normalized spacial score (nSPS) is 13.9. The van der Waals surface area contributed by atoms with Crippen LogP contribution in [0, 0.1) is 0 Å². The zero-order chi connectivity index (χ0) is 25.5. The Morgan fingerprint density at radius 2 is 1.54 bits per heavy atom. The molecule has 1 N–H and O–H groups in total. The maximum Gasteiger partial charge on any atom is 0.251 e. The number of amides is 2. The van der Waals surface area contributed by atoms with Crippen LogP contribution in [0.4, 0.5) is 0 Å². The molecule has 6 heteroatoms. The second kappa shape index (κ2) is 11.9. The number of imidazole rings is 1. The minimum atomic E-state index is -0.106. The van der Waals surface area contributed by atoms with E-state index in [1.54, 1.807) is 12.1 Å². The average molecular weight is 495 g/mol. The standard InChI is InChI=1S/C31H34N4O2/c36-30(34(26-16-8-3-9-17-26)22-24-12-4-1-5-13-24)23-35-28-19-11-10-18-27(28)33-29(35)20-21-32-31(37)25-14-6-2-7-15-25/h1-2,4-7,10-15,18-19,26H,3,8-9,16-17,20-23H2,(H,32,37). The first-order chi connectivity index (χ1) is 18.2. The predicted octanol–water partition coefficient (Wildman–Crippen LogP) is 5.37. The fraction of sp³-hybridized carbons (Fsp3) is 0.323. The number of carbonyl (C=O) groups excluding carboxylic acids is 2. The Kier molecular flexibility index (Phi) is 7.94. The van der Waals surface area contributed by atoms with Crippen molar-refractivity contribution in [2.24, 2.45) is 0 Å². The molecule has 2 amide bonds. The minimum Gasteiger partial charge on any atom is -0.352 e. The van der Waals surface area contributed by atoms with Crippen LogP contribution in [0.25, 0.3) is 11.0 Å². The summed E-state index contributed by atoms with van der Waals surface area (Å²) in [5.74, 6) is 0.824. The molecular weight excluding hydrogens is 460 g/mol. The van der Waals surface area contributed by atoms with Gasteiger partial charge in [-0.1, -0.05) is 79.9 Å². The van der Waals surface area contributed by atoms with Crippen molar-refractivity contribution in [3.63, 3.8) is 0 Å². The molecule has 190 valence electrons. The molecule has 0 saturated heterocycles. The van der Waals surface area contributed by atoms with Gasteiger partial charge in [0.15, 0.2) is 0 Å². The average Bonchev–Trinajstić information content (AvgIpc) is 3.30. The highest BCUT2D eigenvalue weighted by Gasteiger charge is 2.27. The van der Waals surface area contributed by atoms with Crippen LogP contribution in [-0.2, 0) is 24.3 Å². The molecule has 1 aliphatic rings. The van der Waals surface area contributed by atoms with Gasteiger partial charge in [-0.3, -0.25) is 9.59 Å². The SMILES string of the molecule is O=C(NCCc1nc2ccccc2n1CC(=O)N(Cc1ccccc1)C1CCCCC1)c1ccccc1. The lowest BCUT2D eigenvalue weighted by molar-refractivity contribution is -0.135. The number of aromatic nitrogens is 2. The molecule has 1 heterocycles. The number of benzene rings is 3. The van der Waals surface area contributed by atoms with Gasteiger partial charge in [-0.05, 0) is 42.7 Å². The molecule has 3 aromatic carbocycles. The minimum absolute atomic E-state index is 0.106. The molecule has 1 fully saturated rings. The van der Waals surface area contributed by atoms with Crippen molar-refractivity contribution in [3.8, 4) is 0 Å². The summed E-state index contributed by atoms with van der Waals surface area (Å²) in [4.78, 5) is 33.3. The van der Waals surface area contributed by atoms with Crippen molar-refractivity contribution in [1.82, 2.24) is 19.8 Å². The van der Waals surface area contributed by atoms with Gasteiger partial charge in [-0.15, -0.1) is 0 Å². The van der Waals surface area contributed by atoms with E-state index in [0.717, 1.165) is 35.3 Å². The number of hydrogen-bond acceptors (Lipinski definition) is 3. The number of para-hydroxylation sites is 2. The highest BCUT2D eigenvalue weighted by Crippen LogP contribution is 2.25. The second-order valence-electron chi connectivity index (χ2n) is 9.77. The Bertz CT molecular complexity index is 1330. The van der Waals surface area contributed by atoms with Crippen LogP contribution in [0.2, 0.25) is 0 Å². The van der Waals surface area contributed by atoms with Gasteiger partial charge in [0.25, 0.3) is 5.91 Å². The van der Waals surface area contributed by atoms with Crippen molar-refractivity contribution in [2.75, 3.05) is 6.54 Å². The number of hydrogen-bond donors (Lipinski definition) is 1. The molecule has 1 aromatic heterocycles. The fourth-order valence-electron chi connectivity index (χ4n) is 5.29. The first kappa shape index (κ1) is 24.8. The Morgan fingerprint density at radius 1 is 0.865 bits per heavy atom. The van der Waals surface area contributed by atoms with Gasteiger partial charge >= 0.3 is 0 Å². The van der Waals surface area contributed by atoms with Gasteiger partial charge in [0, 0.05) is 31.1 Å². The third-order valence-electron chi connectivity index (χ3n) is 7.23. The molecule has 1 saturated carbocycles. The third-order valence-corrected chi connectivity index (χ3v) is 7.23. The van der Waals surface area contributed by atoms with Crippen LogP contribution in [0.5, 0.6) is 0 Å². The van der Waals surface area contributed by atoms with E-state index in [1.165, 1.54) is 19.3 Å². The Hall–Kier alpha value is -3.93. The smallest absolute Gasteiger partial charge is 0.251 e. The van der Waals surface area contributed by atoms with Gasteiger partial charge < -0.3 is 14.8 Å². The summed E-state index contributed by atoms with van der Waals surface area (Å²) in [5, 5.41) is 2.99. The number of nitrogens with zero attached hydrogens (tertiary/aromatic N) is 3. The van der Waals surface area contributed by atoms with E-state index in [-0.39, 0.29) is 24.4 Å². The summed E-state index contributed by atoms with van der Waals surface area (Å²) >= 11 is 0. The molecule has 0 bridgehead atoms. The van der Waals surface area contributed by atoms with E-state index in [4.69, 9.17) is 4.98 Å². The van der Waals surface area contributed by atoms with Crippen LogP contribution in [-0.4, -0.2) is 38.9 Å². The number of nitrogens with one attached hydrogen (secondary N) is 1. The summed E-state index contributed by atoms with van der Waals surface area (Å²) in [5.41, 5.74) is 3.60. The first-order valence-corrected chi connectivity index (χ1v) is 13.3. The predicted molar refractivity (Wildman–Crippen MR) is 146 cm³/mol. The summed E-state index contributed by atoms with van der Waals surface area (Å²) in [6.07, 6.45) is 6.24. The highest BCUT2D eigenvalue weighted by atomic mass is 16.2. The maximum absolute atomic E-state index is 13.9. The Morgan fingerprint density at radius 3 is 2.30 bits per heavy atom. The van der Waals surface area contributed by atoms with E-state index >= 15 is 0 Å². The zero-order valence-electron chi connectivity index (χ0n) is 21.2. The van der Waals surface area contributed by atoms with Gasteiger partial charge in [0.1, 0.15) is 12.4 Å². The third kappa shape index (κ3) is 6.08. The molecule has 37 heavy (non-hydrogen) atoms. The van der Waals surface area contributed by atoms with Gasteiger partial charge in [-0.25, -0.2) is 4.98 Å². The van der Waals surface area contributed by atoms with E-state index in [1.807, 2.05) is 65.2 Å². The highest BCUT2D eigenvalue weighted by molar-refractivity contribution is 5.94. The van der Waals surface area contributed by atoms with E-state index < -0.39 is 0 Å². The van der Waals surface area contributed by atoms with Crippen molar-refractivity contribution in [2.45, 2.75) is 57.7 Å². The van der Waals surface area contributed by atoms with Gasteiger partial charge in [-0.2, -0.15) is 0 Å². The van der Waals surface area contributed by atoms with Crippen LogP contribution < -0.4 is 5.32 Å². The lowest BCUT2D eigenvalue weighted by Gasteiger charge is -2.35.